The molecule has 1 aromatic rings. The third kappa shape index (κ3) is 4.48. The SMILES string of the molecule is NP(N)(=O)NCCc1ccc(F)cc1. The van der Waals surface area contributed by atoms with Crippen LogP contribution >= 0.6 is 7.59 Å². The van der Waals surface area contributed by atoms with Gasteiger partial charge in [-0.1, -0.05) is 12.1 Å². The Morgan fingerprint density at radius 3 is 2.36 bits per heavy atom. The number of nitrogens with one attached hydrogen (secondary N) is 1. The zero-order chi connectivity index (χ0) is 10.6. The van der Waals surface area contributed by atoms with Gasteiger partial charge in [0.2, 0.25) is 0 Å². The molecule has 0 spiro atoms. The van der Waals surface area contributed by atoms with E-state index in [1.165, 1.54) is 12.1 Å². The number of nitrogens with two attached hydrogens (primary N) is 2. The molecule has 78 valence electrons. The number of rotatable bonds is 4. The van der Waals surface area contributed by atoms with E-state index in [1.807, 2.05) is 0 Å². The smallest absolute Gasteiger partial charge is 0.271 e. The fourth-order valence-corrected chi connectivity index (χ4v) is 1.49. The Morgan fingerprint density at radius 1 is 1.29 bits per heavy atom. The van der Waals surface area contributed by atoms with Crippen molar-refractivity contribution in [3.63, 3.8) is 0 Å². The van der Waals surface area contributed by atoms with Gasteiger partial charge in [-0.15, -0.1) is 0 Å². The molecule has 4 nitrogen and oxygen atoms in total. The van der Waals surface area contributed by atoms with Crippen molar-refractivity contribution in [2.75, 3.05) is 6.54 Å². The highest BCUT2D eigenvalue weighted by Gasteiger charge is 2.05. The predicted octanol–water partition coefficient (Wildman–Crippen LogP) is 0.983. The maximum Gasteiger partial charge on any atom is 0.273 e. The Kier molecular flexibility index (Phi) is 3.77. The second-order valence-electron chi connectivity index (χ2n) is 2.99. The van der Waals surface area contributed by atoms with E-state index in [0.717, 1.165) is 5.56 Å². The van der Waals surface area contributed by atoms with Gasteiger partial charge in [0.05, 0.1) is 0 Å². The van der Waals surface area contributed by atoms with Crippen molar-refractivity contribution in [1.82, 2.24) is 5.09 Å². The van der Waals surface area contributed by atoms with Crippen LogP contribution in [-0.4, -0.2) is 6.54 Å². The molecule has 0 aliphatic carbocycles. The lowest BCUT2D eigenvalue weighted by Gasteiger charge is -2.08. The summed E-state index contributed by atoms with van der Waals surface area (Å²) < 4.78 is 23.3. The molecule has 0 aromatic heterocycles. The number of hydrogen-bond donors (Lipinski definition) is 3. The lowest BCUT2D eigenvalue weighted by molar-refractivity contribution is 0.566. The molecule has 0 aliphatic heterocycles. The van der Waals surface area contributed by atoms with Crippen LogP contribution in [0.15, 0.2) is 24.3 Å². The Bertz CT molecular complexity index is 335. The Hall–Kier alpha value is -0.740. The van der Waals surface area contributed by atoms with E-state index < -0.39 is 7.59 Å². The summed E-state index contributed by atoms with van der Waals surface area (Å²) in [4.78, 5) is 0. The van der Waals surface area contributed by atoms with Crippen LogP contribution in [0.1, 0.15) is 5.56 Å². The average Bonchev–Trinajstić information content (AvgIpc) is 2.06. The van der Waals surface area contributed by atoms with E-state index >= 15 is 0 Å². The first kappa shape index (κ1) is 11.3. The van der Waals surface area contributed by atoms with Gasteiger partial charge < -0.3 is 0 Å². The van der Waals surface area contributed by atoms with Gasteiger partial charge in [0, 0.05) is 6.54 Å². The molecule has 0 heterocycles. The molecular formula is C8H13FN3OP. The second kappa shape index (κ2) is 4.66. The van der Waals surface area contributed by atoms with Gasteiger partial charge in [0.25, 0.3) is 7.59 Å². The first-order valence-electron chi connectivity index (χ1n) is 4.14. The van der Waals surface area contributed by atoms with Crippen molar-refractivity contribution in [2.24, 2.45) is 11.0 Å². The third-order valence-electron chi connectivity index (χ3n) is 1.69. The molecule has 0 atom stereocenters. The maximum absolute atomic E-state index is 12.5. The maximum atomic E-state index is 12.5. The Labute approximate surface area is 82.0 Å². The molecule has 0 saturated carbocycles. The molecule has 0 fully saturated rings. The Balaban J connectivity index is 2.39. The molecule has 5 N–H and O–H groups in total. The summed E-state index contributed by atoms with van der Waals surface area (Å²) in [5.41, 5.74) is 11.1. The minimum absolute atomic E-state index is 0.273. The highest BCUT2D eigenvalue weighted by molar-refractivity contribution is 7.56. The summed E-state index contributed by atoms with van der Waals surface area (Å²) in [5, 5.41) is 2.50. The topological polar surface area (TPSA) is 81.1 Å². The van der Waals surface area contributed by atoms with Crippen molar-refractivity contribution in [3.05, 3.63) is 35.6 Å². The van der Waals surface area contributed by atoms with Gasteiger partial charge >= 0.3 is 0 Å². The second-order valence-corrected chi connectivity index (χ2v) is 4.73. The van der Waals surface area contributed by atoms with Gasteiger partial charge in [0.1, 0.15) is 5.82 Å². The molecule has 6 heteroatoms. The highest BCUT2D eigenvalue weighted by atomic mass is 31.2. The van der Waals surface area contributed by atoms with Crippen LogP contribution in [0.4, 0.5) is 4.39 Å². The van der Waals surface area contributed by atoms with Crippen LogP contribution in [-0.2, 0) is 11.0 Å². The van der Waals surface area contributed by atoms with Crippen LogP contribution in [0.5, 0.6) is 0 Å². The fraction of sp³-hybridized carbons (Fsp3) is 0.250. The van der Waals surface area contributed by atoms with E-state index in [0.29, 0.717) is 13.0 Å². The molecular weight excluding hydrogens is 204 g/mol. The summed E-state index contributed by atoms with van der Waals surface area (Å²) in [5.74, 6) is -0.273. The van der Waals surface area contributed by atoms with Gasteiger partial charge in [-0.2, -0.15) is 0 Å². The van der Waals surface area contributed by atoms with Crippen LogP contribution in [0.25, 0.3) is 0 Å². The number of hydrogen-bond acceptors (Lipinski definition) is 1. The molecule has 0 bridgehead atoms. The van der Waals surface area contributed by atoms with Crippen LogP contribution in [0.3, 0.4) is 0 Å². The minimum atomic E-state index is -3.14. The molecule has 14 heavy (non-hydrogen) atoms. The average molecular weight is 217 g/mol. The summed E-state index contributed by atoms with van der Waals surface area (Å²) in [6.45, 7) is 0.413. The summed E-state index contributed by atoms with van der Waals surface area (Å²) in [6.07, 6.45) is 0.610. The van der Waals surface area contributed by atoms with Gasteiger partial charge in [-0.3, -0.25) is 15.6 Å². The van der Waals surface area contributed by atoms with Crippen molar-refractivity contribution in [1.29, 1.82) is 0 Å². The largest absolute Gasteiger partial charge is 0.273 e. The van der Waals surface area contributed by atoms with Gasteiger partial charge in [-0.05, 0) is 24.1 Å². The highest BCUT2D eigenvalue weighted by Crippen LogP contribution is 2.16. The lowest BCUT2D eigenvalue weighted by Crippen LogP contribution is -2.24. The molecule has 0 amide bonds. The normalized spacial score (nSPS) is 11.6. The predicted molar refractivity (Wildman–Crippen MR) is 54.1 cm³/mol. The van der Waals surface area contributed by atoms with Gasteiger partial charge in [-0.25, -0.2) is 9.48 Å². The zero-order valence-electron chi connectivity index (χ0n) is 7.61. The molecule has 0 radical (unpaired) electrons. The first-order valence-corrected chi connectivity index (χ1v) is 5.99. The van der Waals surface area contributed by atoms with Crippen molar-refractivity contribution < 1.29 is 8.96 Å². The van der Waals surface area contributed by atoms with E-state index in [4.69, 9.17) is 11.0 Å². The van der Waals surface area contributed by atoms with E-state index in [9.17, 15) is 8.96 Å². The van der Waals surface area contributed by atoms with Crippen molar-refractivity contribution >= 4 is 7.59 Å². The quantitative estimate of drug-likeness (QED) is 0.657. The zero-order valence-corrected chi connectivity index (χ0v) is 8.51. The summed E-state index contributed by atoms with van der Waals surface area (Å²) >= 11 is 0. The molecule has 0 aliphatic rings. The van der Waals surface area contributed by atoms with Crippen LogP contribution in [0, 0.1) is 5.82 Å². The van der Waals surface area contributed by atoms with Crippen molar-refractivity contribution in [2.45, 2.75) is 6.42 Å². The first-order chi connectivity index (χ1) is 6.47. The number of halogens is 1. The summed E-state index contributed by atoms with van der Waals surface area (Å²) in [6, 6.07) is 6.07. The van der Waals surface area contributed by atoms with Crippen molar-refractivity contribution in [3.8, 4) is 0 Å². The monoisotopic (exact) mass is 217 g/mol. The van der Waals surface area contributed by atoms with E-state index in [1.54, 1.807) is 12.1 Å². The molecule has 1 rings (SSSR count). The minimum Gasteiger partial charge on any atom is -0.271 e. The lowest BCUT2D eigenvalue weighted by atomic mass is 10.1. The summed E-state index contributed by atoms with van der Waals surface area (Å²) in [7, 11) is -3.14. The van der Waals surface area contributed by atoms with E-state index in [2.05, 4.69) is 5.09 Å². The Morgan fingerprint density at radius 2 is 1.86 bits per heavy atom. The van der Waals surface area contributed by atoms with Crippen LogP contribution in [0.2, 0.25) is 0 Å². The number of benzene rings is 1. The van der Waals surface area contributed by atoms with E-state index in [-0.39, 0.29) is 5.82 Å². The standard InChI is InChI=1S/C8H13FN3OP/c9-8-3-1-7(2-4-8)5-6-12-14(10,11)13/h1-4H,5-6H2,(H5,10,11,12,13). The molecule has 0 unspecified atom stereocenters. The third-order valence-corrected chi connectivity index (χ3v) is 2.40. The van der Waals surface area contributed by atoms with Gasteiger partial charge in [0.15, 0.2) is 0 Å². The molecule has 1 aromatic carbocycles. The molecule has 0 saturated heterocycles. The van der Waals surface area contributed by atoms with Crippen LogP contribution < -0.4 is 16.1 Å². The fourth-order valence-electron chi connectivity index (χ4n) is 1.03.